The SMILES string of the molecule is Cc1nn(C)c(C)c1CNc1cnc2c(Cl)cccc2n1. The molecule has 5 nitrogen and oxygen atoms in total. The number of para-hydroxylation sites is 1. The van der Waals surface area contributed by atoms with Gasteiger partial charge < -0.3 is 5.32 Å². The molecule has 0 radical (unpaired) electrons. The van der Waals surface area contributed by atoms with Gasteiger partial charge in [-0.1, -0.05) is 17.7 Å². The van der Waals surface area contributed by atoms with E-state index in [4.69, 9.17) is 11.6 Å². The zero-order chi connectivity index (χ0) is 15.0. The topological polar surface area (TPSA) is 55.6 Å². The second-order valence-corrected chi connectivity index (χ2v) is 5.40. The highest BCUT2D eigenvalue weighted by Gasteiger charge is 2.09. The van der Waals surface area contributed by atoms with Crippen molar-refractivity contribution >= 4 is 28.5 Å². The summed E-state index contributed by atoms with van der Waals surface area (Å²) < 4.78 is 1.89. The highest BCUT2D eigenvalue weighted by atomic mass is 35.5. The van der Waals surface area contributed by atoms with Crippen LogP contribution < -0.4 is 5.32 Å². The maximum absolute atomic E-state index is 6.09. The molecule has 0 unspecified atom stereocenters. The van der Waals surface area contributed by atoms with Crippen molar-refractivity contribution in [3.63, 3.8) is 0 Å². The summed E-state index contributed by atoms with van der Waals surface area (Å²) in [5.41, 5.74) is 4.87. The number of benzene rings is 1. The fraction of sp³-hybridized carbons (Fsp3) is 0.267. The second kappa shape index (κ2) is 5.33. The van der Waals surface area contributed by atoms with Crippen LogP contribution in [0.3, 0.4) is 0 Å². The number of aryl methyl sites for hydroxylation is 2. The minimum atomic E-state index is 0.616. The molecule has 0 bridgehead atoms. The Bertz CT molecular complexity index is 809. The van der Waals surface area contributed by atoms with Gasteiger partial charge in [0.25, 0.3) is 0 Å². The van der Waals surface area contributed by atoms with Crippen molar-refractivity contribution in [1.82, 2.24) is 19.7 Å². The summed E-state index contributed by atoms with van der Waals surface area (Å²) in [4.78, 5) is 8.90. The number of anilines is 1. The van der Waals surface area contributed by atoms with E-state index in [1.54, 1.807) is 6.20 Å². The normalized spacial score (nSPS) is 11.0. The standard InChI is InChI=1S/C15H16ClN5/c1-9-11(10(2)21(3)20-9)7-17-14-8-18-15-12(16)5-4-6-13(15)19-14/h4-6,8H,7H2,1-3H3,(H,17,19). The summed E-state index contributed by atoms with van der Waals surface area (Å²) >= 11 is 6.09. The molecular formula is C15H16ClN5. The van der Waals surface area contributed by atoms with E-state index in [1.807, 2.05) is 36.9 Å². The molecule has 0 aliphatic rings. The summed E-state index contributed by atoms with van der Waals surface area (Å²) in [6.45, 7) is 4.74. The smallest absolute Gasteiger partial charge is 0.145 e. The van der Waals surface area contributed by atoms with Crippen molar-refractivity contribution in [3.8, 4) is 0 Å². The van der Waals surface area contributed by atoms with Crippen LogP contribution in [0.2, 0.25) is 5.02 Å². The van der Waals surface area contributed by atoms with Gasteiger partial charge in [-0.15, -0.1) is 0 Å². The molecule has 3 rings (SSSR count). The summed E-state index contributed by atoms with van der Waals surface area (Å²) in [7, 11) is 1.95. The molecule has 0 fully saturated rings. The van der Waals surface area contributed by atoms with Crippen LogP contribution in [-0.4, -0.2) is 19.7 Å². The molecule has 3 aromatic rings. The van der Waals surface area contributed by atoms with Crippen LogP contribution in [0.5, 0.6) is 0 Å². The van der Waals surface area contributed by atoms with E-state index in [2.05, 4.69) is 27.3 Å². The minimum Gasteiger partial charge on any atom is -0.365 e. The average molecular weight is 302 g/mol. The Balaban J connectivity index is 1.85. The predicted octanol–water partition coefficient (Wildman–Crippen LogP) is 3.25. The molecule has 2 aromatic heterocycles. The molecule has 0 saturated carbocycles. The maximum atomic E-state index is 6.09. The number of hydrogen-bond acceptors (Lipinski definition) is 4. The first-order valence-corrected chi connectivity index (χ1v) is 7.08. The van der Waals surface area contributed by atoms with Gasteiger partial charge in [-0.3, -0.25) is 4.68 Å². The fourth-order valence-electron chi connectivity index (χ4n) is 2.34. The molecular weight excluding hydrogens is 286 g/mol. The minimum absolute atomic E-state index is 0.616. The van der Waals surface area contributed by atoms with E-state index >= 15 is 0 Å². The highest BCUT2D eigenvalue weighted by molar-refractivity contribution is 6.34. The molecule has 0 amide bonds. The predicted molar refractivity (Wildman–Crippen MR) is 84.6 cm³/mol. The number of halogens is 1. The van der Waals surface area contributed by atoms with E-state index in [0.29, 0.717) is 11.6 Å². The van der Waals surface area contributed by atoms with Gasteiger partial charge in [0.1, 0.15) is 11.3 Å². The zero-order valence-corrected chi connectivity index (χ0v) is 12.9. The maximum Gasteiger partial charge on any atom is 0.145 e. The van der Waals surface area contributed by atoms with Crippen molar-refractivity contribution < 1.29 is 0 Å². The highest BCUT2D eigenvalue weighted by Crippen LogP contribution is 2.21. The van der Waals surface area contributed by atoms with Crippen molar-refractivity contribution in [3.05, 3.63) is 46.4 Å². The number of fused-ring (bicyclic) bond motifs is 1. The molecule has 1 aromatic carbocycles. The van der Waals surface area contributed by atoms with Crippen molar-refractivity contribution in [2.24, 2.45) is 7.05 Å². The average Bonchev–Trinajstić information content (AvgIpc) is 2.70. The van der Waals surface area contributed by atoms with Gasteiger partial charge >= 0.3 is 0 Å². The molecule has 2 heterocycles. The van der Waals surface area contributed by atoms with Gasteiger partial charge in [-0.25, -0.2) is 9.97 Å². The van der Waals surface area contributed by atoms with Crippen molar-refractivity contribution in [1.29, 1.82) is 0 Å². The van der Waals surface area contributed by atoms with Crippen LogP contribution in [-0.2, 0) is 13.6 Å². The van der Waals surface area contributed by atoms with Crippen LogP contribution in [0.1, 0.15) is 17.0 Å². The Morgan fingerprint density at radius 1 is 1.29 bits per heavy atom. The van der Waals surface area contributed by atoms with E-state index in [1.165, 1.54) is 5.56 Å². The Kier molecular flexibility index (Phi) is 3.51. The zero-order valence-electron chi connectivity index (χ0n) is 12.2. The van der Waals surface area contributed by atoms with Gasteiger partial charge in [0.15, 0.2) is 0 Å². The Morgan fingerprint density at radius 2 is 2.10 bits per heavy atom. The summed E-state index contributed by atoms with van der Waals surface area (Å²) in [6.07, 6.45) is 1.70. The number of aromatic nitrogens is 4. The molecule has 0 saturated heterocycles. The molecule has 0 aliphatic carbocycles. The Morgan fingerprint density at radius 3 is 2.81 bits per heavy atom. The third kappa shape index (κ3) is 2.56. The molecule has 0 atom stereocenters. The lowest BCUT2D eigenvalue weighted by Gasteiger charge is -2.07. The second-order valence-electron chi connectivity index (χ2n) is 4.99. The first-order chi connectivity index (χ1) is 10.1. The summed E-state index contributed by atoms with van der Waals surface area (Å²) in [5, 5.41) is 8.32. The quantitative estimate of drug-likeness (QED) is 0.807. The van der Waals surface area contributed by atoms with Gasteiger partial charge in [-0.2, -0.15) is 5.10 Å². The Labute approximate surface area is 128 Å². The molecule has 108 valence electrons. The van der Waals surface area contributed by atoms with E-state index in [-0.39, 0.29) is 0 Å². The molecule has 21 heavy (non-hydrogen) atoms. The van der Waals surface area contributed by atoms with Gasteiger partial charge in [0, 0.05) is 24.8 Å². The Hall–Kier alpha value is -2.14. The summed E-state index contributed by atoms with van der Waals surface area (Å²) in [6, 6.07) is 5.59. The lowest BCUT2D eigenvalue weighted by molar-refractivity contribution is 0.730. The monoisotopic (exact) mass is 301 g/mol. The third-order valence-corrected chi connectivity index (χ3v) is 3.93. The summed E-state index contributed by atoms with van der Waals surface area (Å²) in [5.74, 6) is 0.729. The van der Waals surface area contributed by atoms with Crippen molar-refractivity contribution in [2.75, 3.05) is 5.32 Å². The van der Waals surface area contributed by atoms with E-state index in [0.717, 1.165) is 28.2 Å². The third-order valence-electron chi connectivity index (χ3n) is 3.63. The van der Waals surface area contributed by atoms with Crippen LogP contribution in [0, 0.1) is 13.8 Å². The number of nitrogens with zero attached hydrogens (tertiary/aromatic N) is 4. The lowest BCUT2D eigenvalue weighted by Crippen LogP contribution is -2.04. The van der Waals surface area contributed by atoms with Crippen molar-refractivity contribution in [2.45, 2.75) is 20.4 Å². The molecule has 0 aliphatic heterocycles. The van der Waals surface area contributed by atoms with Crippen LogP contribution >= 0.6 is 11.6 Å². The number of nitrogens with one attached hydrogen (secondary N) is 1. The van der Waals surface area contributed by atoms with Crippen LogP contribution in [0.25, 0.3) is 11.0 Å². The van der Waals surface area contributed by atoms with Gasteiger partial charge in [-0.05, 0) is 26.0 Å². The first kappa shape index (κ1) is 13.8. The fourth-order valence-corrected chi connectivity index (χ4v) is 2.56. The number of hydrogen-bond donors (Lipinski definition) is 1. The van der Waals surface area contributed by atoms with E-state index in [9.17, 15) is 0 Å². The largest absolute Gasteiger partial charge is 0.365 e. The van der Waals surface area contributed by atoms with Crippen LogP contribution in [0.15, 0.2) is 24.4 Å². The molecule has 1 N–H and O–H groups in total. The molecule has 0 spiro atoms. The van der Waals surface area contributed by atoms with E-state index < -0.39 is 0 Å². The van der Waals surface area contributed by atoms with Gasteiger partial charge in [0.2, 0.25) is 0 Å². The van der Waals surface area contributed by atoms with Gasteiger partial charge in [0.05, 0.1) is 22.4 Å². The molecule has 6 heteroatoms. The lowest BCUT2D eigenvalue weighted by atomic mass is 10.2. The first-order valence-electron chi connectivity index (χ1n) is 6.70. The number of rotatable bonds is 3. The van der Waals surface area contributed by atoms with Crippen LogP contribution in [0.4, 0.5) is 5.82 Å².